The molecule has 0 N–H and O–H groups in total. The van der Waals surface area contributed by atoms with E-state index in [0.29, 0.717) is 0 Å². The molecule has 0 aliphatic heterocycles. The molecule has 0 saturated heterocycles. The Morgan fingerprint density at radius 1 is 1.15 bits per heavy atom. The van der Waals surface area contributed by atoms with Crippen LogP contribution in [0, 0.1) is 0 Å². The van der Waals surface area contributed by atoms with E-state index in [1.165, 1.54) is 0 Å². The Morgan fingerprint density at radius 2 is 2.00 bits per heavy atom. The second-order valence-electron chi connectivity index (χ2n) is 6.48. The van der Waals surface area contributed by atoms with Gasteiger partial charge in [-0.15, -0.1) is 0 Å². The standard InChI is InChI=1S/C22H22N4O/c1-3-26-15-18(13-24-26)14-25-16-23-21(19-8-5-4-6-9-19)22(25)17(2)12-20-10-7-11-27-20/h4-13,15-16H,3,14H2,1-2H3. The normalized spacial score (nSPS) is 11.9. The van der Waals surface area contributed by atoms with Gasteiger partial charge in [0.25, 0.3) is 0 Å². The molecule has 0 spiro atoms. The lowest BCUT2D eigenvalue weighted by Crippen LogP contribution is -2.02. The van der Waals surface area contributed by atoms with Crippen LogP contribution in [0.5, 0.6) is 0 Å². The number of benzene rings is 1. The first-order valence-electron chi connectivity index (χ1n) is 9.08. The van der Waals surface area contributed by atoms with Gasteiger partial charge in [0, 0.05) is 23.9 Å². The Kier molecular flexibility index (Phi) is 4.75. The molecule has 4 aromatic rings. The van der Waals surface area contributed by atoms with Crippen molar-refractivity contribution in [3.63, 3.8) is 0 Å². The molecular formula is C22H22N4O. The monoisotopic (exact) mass is 358 g/mol. The van der Waals surface area contributed by atoms with E-state index < -0.39 is 0 Å². The van der Waals surface area contributed by atoms with E-state index in [-0.39, 0.29) is 0 Å². The van der Waals surface area contributed by atoms with Gasteiger partial charge in [-0.2, -0.15) is 5.10 Å². The van der Waals surface area contributed by atoms with E-state index in [0.717, 1.165) is 46.9 Å². The second kappa shape index (κ2) is 7.50. The first kappa shape index (κ1) is 17.1. The van der Waals surface area contributed by atoms with Crippen molar-refractivity contribution in [3.8, 4) is 11.3 Å². The molecule has 0 radical (unpaired) electrons. The van der Waals surface area contributed by atoms with Gasteiger partial charge in [-0.25, -0.2) is 4.98 Å². The van der Waals surface area contributed by atoms with Crippen molar-refractivity contribution in [2.45, 2.75) is 26.9 Å². The van der Waals surface area contributed by atoms with Gasteiger partial charge in [-0.1, -0.05) is 30.3 Å². The highest BCUT2D eigenvalue weighted by Crippen LogP contribution is 2.29. The van der Waals surface area contributed by atoms with Crippen molar-refractivity contribution >= 4 is 11.6 Å². The Hall–Kier alpha value is -3.34. The van der Waals surface area contributed by atoms with Gasteiger partial charge in [-0.05, 0) is 37.6 Å². The molecule has 0 aliphatic rings. The average molecular weight is 358 g/mol. The van der Waals surface area contributed by atoms with Gasteiger partial charge < -0.3 is 8.98 Å². The maximum absolute atomic E-state index is 5.50. The zero-order valence-corrected chi connectivity index (χ0v) is 15.5. The number of aryl methyl sites for hydroxylation is 1. The van der Waals surface area contributed by atoms with Crippen LogP contribution in [0.4, 0.5) is 0 Å². The predicted molar refractivity (Wildman–Crippen MR) is 107 cm³/mol. The van der Waals surface area contributed by atoms with Crippen molar-refractivity contribution in [2.24, 2.45) is 0 Å². The van der Waals surface area contributed by atoms with Crippen LogP contribution in [0.15, 0.2) is 71.9 Å². The lowest BCUT2D eigenvalue weighted by Gasteiger charge is -2.10. The first-order valence-corrected chi connectivity index (χ1v) is 9.08. The molecule has 0 atom stereocenters. The zero-order valence-electron chi connectivity index (χ0n) is 15.5. The van der Waals surface area contributed by atoms with E-state index in [2.05, 4.69) is 47.9 Å². The number of hydrogen-bond acceptors (Lipinski definition) is 3. The highest BCUT2D eigenvalue weighted by Gasteiger charge is 2.15. The summed E-state index contributed by atoms with van der Waals surface area (Å²) < 4.78 is 9.62. The Bertz CT molecular complexity index is 1040. The molecule has 0 fully saturated rings. The SMILES string of the molecule is CCn1cc(Cn2cnc(-c3ccccc3)c2C(C)=Cc2ccco2)cn1. The summed E-state index contributed by atoms with van der Waals surface area (Å²) in [5, 5.41) is 4.38. The minimum atomic E-state index is 0.721. The maximum atomic E-state index is 5.50. The van der Waals surface area contributed by atoms with Gasteiger partial charge in [0.05, 0.1) is 36.7 Å². The Morgan fingerprint density at radius 3 is 2.70 bits per heavy atom. The number of aromatic nitrogens is 4. The van der Waals surface area contributed by atoms with E-state index in [1.54, 1.807) is 6.26 Å². The van der Waals surface area contributed by atoms with Crippen molar-refractivity contribution < 1.29 is 4.42 Å². The summed E-state index contributed by atoms with van der Waals surface area (Å²) in [6, 6.07) is 14.1. The molecule has 3 heterocycles. The molecule has 0 bridgehead atoms. The zero-order chi connectivity index (χ0) is 18.6. The van der Waals surface area contributed by atoms with Crippen molar-refractivity contribution in [1.29, 1.82) is 0 Å². The largest absolute Gasteiger partial charge is 0.465 e. The molecule has 136 valence electrons. The molecule has 0 unspecified atom stereocenters. The van der Waals surface area contributed by atoms with Crippen LogP contribution in [-0.2, 0) is 13.1 Å². The molecule has 0 aliphatic carbocycles. The van der Waals surface area contributed by atoms with Crippen molar-refractivity contribution in [3.05, 3.63) is 84.5 Å². The summed E-state index contributed by atoms with van der Waals surface area (Å²) in [5.74, 6) is 0.832. The topological polar surface area (TPSA) is 48.8 Å². The molecule has 5 nitrogen and oxygen atoms in total. The molecule has 0 amide bonds. The van der Waals surface area contributed by atoms with Gasteiger partial charge in [0.15, 0.2) is 0 Å². The molecule has 4 rings (SSSR count). The van der Waals surface area contributed by atoms with E-state index in [4.69, 9.17) is 9.40 Å². The van der Waals surface area contributed by atoms with Crippen LogP contribution in [0.3, 0.4) is 0 Å². The third kappa shape index (κ3) is 3.62. The minimum absolute atomic E-state index is 0.721. The lowest BCUT2D eigenvalue weighted by molar-refractivity contribution is 0.557. The quantitative estimate of drug-likeness (QED) is 0.489. The highest BCUT2D eigenvalue weighted by atomic mass is 16.3. The molecule has 27 heavy (non-hydrogen) atoms. The van der Waals surface area contributed by atoms with Crippen LogP contribution in [0.25, 0.3) is 22.9 Å². The van der Waals surface area contributed by atoms with E-state index in [1.807, 2.05) is 47.5 Å². The molecule has 0 saturated carbocycles. The highest BCUT2D eigenvalue weighted by molar-refractivity contribution is 5.84. The fourth-order valence-electron chi connectivity index (χ4n) is 3.24. The van der Waals surface area contributed by atoms with Crippen LogP contribution in [0.2, 0.25) is 0 Å². The molecule has 1 aromatic carbocycles. The first-order chi connectivity index (χ1) is 13.2. The average Bonchev–Trinajstić information content (AvgIpc) is 3.43. The van der Waals surface area contributed by atoms with Gasteiger partial charge in [-0.3, -0.25) is 4.68 Å². The van der Waals surface area contributed by atoms with E-state index >= 15 is 0 Å². The third-order valence-corrected chi connectivity index (χ3v) is 4.52. The number of imidazole rings is 1. The number of hydrogen-bond donors (Lipinski definition) is 0. The van der Waals surface area contributed by atoms with Crippen molar-refractivity contribution in [2.75, 3.05) is 0 Å². The number of furan rings is 1. The number of allylic oxidation sites excluding steroid dienone is 1. The molecule has 3 aromatic heterocycles. The fourth-order valence-corrected chi connectivity index (χ4v) is 3.24. The maximum Gasteiger partial charge on any atom is 0.126 e. The summed E-state index contributed by atoms with van der Waals surface area (Å²) >= 11 is 0. The van der Waals surface area contributed by atoms with Crippen molar-refractivity contribution in [1.82, 2.24) is 19.3 Å². The van der Waals surface area contributed by atoms with Gasteiger partial charge in [0.2, 0.25) is 0 Å². The fraction of sp³-hybridized carbons (Fsp3) is 0.182. The molecule has 5 heteroatoms. The smallest absolute Gasteiger partial charge is 0.126 e. The van der Waals surface area contributed by atoms with Crippen LogP contribution < -0.4 is 0 Å². The predicted octanol–water partition coefficient (Wildman–Crippen LogP) is 4.97. The summed E-state index contributed by atoms with van der Waals surface area (Å²) in [7, 11) is 0. The van der Waals surface area contributed by atoms with E-state index in [9.17, 15) is 0 Å². The summed E-state index contributed by atoms with van der Waals surface area (Å²) in [6.07, 6.45) is 9.64. The van der Waals surface area contributed by atoms with Crippen LogP contribution in [-0.4, -0.2) is 19.3 Å². The third-order valence-electron chi connectivity index (χ3n) is 4.52. The Labute approximate surface area is 158 Å². The second-order valence-corrected chi connectivity index (χ2v) is 6.48. The number of nitrogens with zero attached hydrogens (tertiary/aromatic N) is 4. The van der Waals surface area contributed by atoms with Gasteiger partial charge in [0.1, 0.15) is 5.76 Å². The summed E-state index contributed by atoms with van der Waals surface area (Å²) in [6.45, 7) is 5.77. The summed E-state index contributed by atoms with van der Waals surface area (Å²) in [5.41, 5.74) is 5.41. The number of rotatable bonds is 6. The van der Waals surface area contributed by atoms with Gasteiger partial charge >= 0.3 is 0 Å². The minimum Gasteiger partial charge on any atom is -0.465 e. The van der Waals surface area contributed by atoms with Crippen LogP contribution >= 0.6 is 0 Å². The molecular weight excluding hydrogens is 336 g/mol. The van der Waals surface area contributed by atoms with Crippen LogP contribution in [0.1, 0.15) is 30.9 Å². The summed E-state index contributed by atoms with van der Waals surface area (Å²) in [4.78, 5) is 4.72. The lowest BCUT2D eigenvalue weighted by atomic mass is 10.0. The Balaban J connectivity index is 1.78.